The first kappa shape index (κ1) is 25.5. The number of aromatic nitrogens is 3. The second-order valence-corrected chi connectivity index (χ2v) is 10.3. The highest BCUT2D eigenvalue weighted by atomic mass is 79.9. The van der Waals surface area contributed by atoms with Crippen LogP contribution in [-0.4, -0.2) is 20.5 Å². The maximum atomic E-state index is 12.5. The summed E-state index contributed by atoms with van der Waals surface area (Å²) in [6.45, 7) is 0.905. The van der Waals surface area contributed by atoms with Crippen LogP contribution in [0, 0.1) is 0 Å². The van der Waals surface area contributed by atoms with Crippen molar-refractivity contribution in [3.63, 3.8) is 0 Å². The zero-order valence-corrected chi connectivity index (χ0v) is 23.0. The molecule has 2 aromatic heterocycles. The topological polar surface area (TPSA) is 71.3 Å². The third kappa shape index (κ3) is 5.60. The number of hydrogen-bond acceptors (Lipinski definition) is 4. The molecule has 0 aliphatic heterocycles. The predicted octanol–water partition coefficient (Wildman–Crippen LogP) is 7.66. The molecule has 3 aromatic carbocycles. The molecule has 0 aliphatic carbocycles. The molecule has 0 fully saturated rings. The van der Waals surface area contributed by atoms with Gasteiger partial charge in [-0.15, -0.1) is 0 Å². The van der Waals surface area contributed by atoms with Crippen molar-refractivity contribution in [2.75, 3.05) is 5.32 Å². The van der Waals surface area contributed by atoms with Crippen molar-refractivity contribution >= 4 is 68.1 Å². The standard InChI is InChI=1S/C27H19BrCl3N5O/c28-19-15-34-36-24(12-23(35-26(19)36)18-4-1-2-5-20(18)29)32-13-16-8-10-17(11-9-16)14-33-27(37)25-21(30)6-3-7-22(25)31/h1-12,15,32H,13-14H2,(H,33,37). The molecule has 0 unspecified atom stereocenters. The fourth-order valence-corrected chi connectivity index (χ4v) is 4.97. The fraction of sp³-hybridized carbons (Fsp3) is 0.0741. The second-order valence-electron chi connectivity index (χ2n) is 8.18. The van der Waals surface area contributed by atoms with Gasteiger partial charge in [0, 0.05) is 29.7 Å². The third-order valence-corrected chi connectivity index (χ3v) is 7.24. The quantitative estimate of drug-likeness (QED) is 0.197. The molecule has 0 aliphatic rings. The number of rotatable bonds is 7. The second kappa shape index (κ2) is 11.1. The molecule has 0 spiro atoms. The molecular formula is C27H19BrCl3N5O. The van der Waals surface area contributed by atoms with Crippen LogP contribution in [0.25, 0.3) is 16.9 Å². The first-order valence-corrected chi connectivity index (χ1v) is 13.2. The Morgan fingerprint density at radius 1 is 0.865 bits per heavy atom. The highest BCUT2D eigenvalue weighted by molar-refractivity contribution is 9.10. The van der Waals surface area contributed by atoms with Gasteiger partial charge in [-0.1, -0.05) is 83.3 Å². The fourth-order valence-electron chi connectivity index (χ4n) is 3.82. The minimum atomic E-state index is -0.317. The summed E-state index contributed by atoms with van der Waals surface area (Å²) in [5.41, 5.74) is 4.54. The average molecular weight is 616 g/mol. The minimum Gasteiger partial charge on any atom is -0.366 e. The van der Waals surface area contributed by atoms with E-state index in [-0.39, 0.29) is 11.5 Å². The van der Waals surface area contributed by atoms with Gasteiger partial charge >= 0.3 is 0 Å². The van der Waals surface area contributed by atoms with Gasteiger partial charge in [-0.05, 0) is 45.3 Å². The van der Waals surface area contributed by atoms with Crippen molar-refractivity contribution in [2.24, 2.45) is 0 Å². The smallest absolute Gasteiger partial charge is 0.254 e. The lowest BCUT2D eigenvalue weighted by Gasteiger charge is -2.12. The van der Waals surface area contributed by atoms with Crippen molar-refractivity contribution in [1.29, 1.82) is 0 Å². The van der Waals surface area contributed by atoms with Gasteiger partial charge in [0.2, 0.25) is 0 Å². The monoisotopic (exact) mass is 613 g/mol. The molecule has 0 radical (unpaired) electrons. The lowest BCUT2D eigenvalue weighted by molar-refractivity contribution is 0.0951. The van der Waals surface area contributed by atoms with Crippen LogP contribution in [0.3, 0.4) is 0 Å². The first-order valence-electron chi connectivity index (χ1n) is 11.2. The molecule has 37 heavy (non-hydrogen) atoms. The van der Waals surface area contributed by atoms with Crippen molar-refractivity contribution in [1.82, 2.24) is 19.9 Å². The Hall–Kier alpha value is -3.10. The highest BCUT2D eigenvalue weighted by Crippen LogP contribution is 2.30. The van der Waals surface area contributed by atoms with E-state index in [0.29, 0.717) is 33.8 Å². The van der Waals surface area contributed by atoms with Gasteiger partial charge in [-0.25, -0.2) is 4.98 Å². The number of anilines is 1. The number of carbonyl (C=O) groups excluding carboxylic acids is 1. The number of carbonyl (C=O) groups is 1. The molecule has 6 nitrogen and oxygen atoms in total. The van der Waals surface area contributed by atoms with Crippen LogP contribution >= 0.6 is 50.7 Å². The number of hydrogen-bond donors (Lipinski definition) is 2. The van der Waals surface area contributed by atoms with E-state index in [2.05, 4.69) is 31.7 Å². The van der Waals surface area contributed by atoms with E-state index < -0.39 is 0 Å². The van der Waals surface area contributed by atoms with Gasteiger partial charge < -0.3 is 10.6 Å². The highest BCUT2D eigenvalue weighted by Gasteiger charge is 2.15. The molecule has 0 atom stereocenters. The summed E-state index contributed by atoms with van der Waals surface area (Å²) in [6, 6.07) is 22.4. The SMILES string of the molecule is O=C(NCc1ccc(CNc2cc(-c3ccccc3Cl)nc3c(Br)cnn23)cc1)c1c(Cl)cccc1Cl. The number of nitrogens with one attached hydrogen (secondary N) is 2. The van der Waals surface area contributed by atoms with E-state index in [1.54, 1.807) is 28.9 Å². The van der Waals surface area contributed by atoms with E-state index in [1.165, 1.54) is 0 Å². The number of nitrogens with zero attached hydrogens (tertiary/aromatic N) is 3. The van der Waals surface area contributed by atoms with Gasteiger partial charge in [-0.3, -0.25) is 4.79 Å². The lowest BCUT2D eigenvalue weighted by atomic mass is 10.1. The Morgan fingerprint density at radius 2 is 1.51 bits per heavy atom. The summed E-state index contributed by atoms with van der Waals surface area (Å²) in [4.78, 5) is 17.3. The van der Waals surface area contributed by atoms with Gasteiger partial charge in [0.25, 0.3) is 5.91 Å². The van der Waals surface area contributed by atoms with Crippen molar-refractivity contribution in [2.45, 2.75) is 13.1 Å². The van der Waals surface area contributed by atoms with Gasteiger partial charge in [0.15, 0.2) is 5.65 Å². The average Bonchev–Trinajstić information content (AvgIpc) is 3.27. The zero-order chi connectivity index (χ0) is 25.9. The predicted molar refractivity (Wildman–Crippen MR) is 153 cm³/mol. The summed E-state index contributed by atoms with van der Waals surface area (Å²) in [5, 5.41) is 12.0. The summed E-state index contributed by atoms with van der Waals surface area (Å²) in [7, 11) is 0. The Bertz CT molecular complexity index is 1580. The molecule has 10 heteroatoms. The summed E-state index contributed by atoms with van der Waals surface area (Å²) in [6.07, 6.45) is 1.71. The molecule has 0 bridgehead atoms. The molecular weight excluding hydrogens is 597 g/mol. The molecule has 5 rings (SSSR count). The number of halogens is 4. The van der Waals surface area contributed by atoms with Crippen LogP contribution in [0.15, 0.2) is 83.5 Å². The number of amides is 1. The molecule has 186 valence electrons. The normalized spacial score (nSPS) is 11.0. The summed E-state index contributed by atoms with van der Waals surface area (Å²) >= 11 is 22.2. The Balaban J connectivity index is 1.29. The molecule has 2 N–H and O–H groups in total. The van der Waals surface area contributed by atoms with Crippen LogP contribution < -0.4 is 10.6 Å². The number of fused-ring (bicyclic) bond motifs is 1. The maximum absolute atomic E-state index is 12.5. The summed E-state index contributed by atoms with van der Waals surface area (Å²) < 4.78 is 2.53. The van der Waals surface area contributed by atoms with E-state index in [1.807, 2.05) is 54.6 Å². The molecule has 0 saturated heterocycles. The van der Waals surface area contributed by atoms with E-state index in [9.17, 15) is 4.79 Å². The van der Waals surface area contributed by atoms with Gasteiger partial charge in [0.05, 0.1) is 32.0 Å². The van der Waals surface area contributed by atoms with E-state index in [0.717, 1.165) is 32.7 Å². The van der Waals surface area contributed by atoms with Gasteiger partial charge in [0.1, 0.15) is 5.82 Å². The Kier molecular flexibility index (Phi) is 7.67. The van der Waals surface area contributed by atoms with Crippen LogP contribution in [0.2, 0.25) is 15.1 Å². The lowest BCUT2D eigenvalue weighted by Crippen LogP contribution is -2.23. The number of benzene rings is 3. The molecule has 0 saturated carbocycles. The molecule has 1 amide bonds. The van der Waals surface area contributed by atoms with Crippen LogP contribution in [0.5, 0.6) is 0 Å². The maximum Gasteiger partial charge on any atom is 0.254 e. The third-order valence-electron chi connectivity index (χ3n) is 5.72. The van der Waals surface area contributed by atoms with Crippen LogP contribution in [-0.2, 0) is 13.1 Å². The van der Waals surface area contributed by atoms with Crippen LogP contribution in [0.1, 0.15) is 21.5 Å². The Morgan fingerprint density at radius 3 is 2.22 bits per heavy atom. The molecule has 2 heterocycles. The van der Waals surface area contributed by atoms with Crippen molar-refractivity contribution in [3.8, 4) is 11.3 Å². The van der Waals surface area contributed by atoms with Gasteiger partial charge in [-0.2, -0.15) is 9.61 Å². The zero-order valence-electron chi connectivity index (χ0n) is 19.2. The van der Waals surface area contributed by atoms with E-state index >= 15 is 0 Å². The van der Waals surface area contributed by atoms with E-state index in [4.69, 9.17) is 39.8 Å². The van der Waals surface area contributed by atoms with Crippen LogP contribution in [0.4, 0.5) is 5.82 Å². The summed E-state index contributed by atoms with van der Waals surface area (Å²) in [5.74, 6) is 0.460. The largest absolute Gasteiger partial charge is 0.366 e. The minimum absolute atomic E-state index is 0.275. The Labute approximate surface area is 236 Å². The van der Waals surface area contributed by atoms with Crippen molar-refractivity contribution in [3.05, 3.63) is 115 Å². The first-order chi connectivity index (χ1) is 17.9. The van der Waals surface area contributed by atoms with Crippen molar-refractivity contribution < 1.29 is 4.79 Å². The molecule has 5 aromatic rings.